The molecule has 29 heavy (non-hydrogen) atoms. The van der Waals surface area contributed by atoms with Gasteiger partial charge in [-0.05, 0) is 54.5 Å². The van der Waals surface area contributed by atoms with Crippen molar-refractivity contribution in [2.75, 3.05) is 19.5 Å². The molecule has 1 aromatic heterocycles. The van der Waals surface area contributed by atoms with Gasteiger partial charge in [0.25, 0.3) is 0 Å². The molecule has 1 amide bonds. The van der Waals surface area contributed by atoms with Crippen molar-refractivity contribution in [2.45, 2.75) is 31.2 Å². The fraction of sp³-hybridized carbons (Fsp3) is 0.300. The Morgan fingerprint density at radius 3 is 2.52 bits per heavy atom. The maximum atomic E-state index is 12.8. The van der Waals surface area contributed by atoms with Gasteiger partial charge in [-0.25, -0.2) is 0 Å². The summed E-state index contributed by atoms with van der Waals surface area (Å²) in [5.41, 5.74) is 3.49. The van der Waals surface area contributed by atoms with Gasteiger partial charge in [-0.1, -0.05) is 30.0 Å². The second-order valence-corrected chi connectivity index (χ2v) is 7.74. The van der Waals surface area contributed by atoms with Gasteiger partial charge in [-0.2, -0.15) is 4.68 Å². The van der Waals surface area contributed by atoms with E-state index in [1.165, 1.54) is 16.4 Å². The van der Waals surface area contributed by atoms with Gasteiger partial charge < -0.3 is 14.8 Å². The lowest BCUT2D eigenvalue weighted by Gasteiger charge is -2.15. The van der Waals surface area contributed by atoms with Crippen LogP contribution in [-0.2, 0) is 4.79 Å². The quantitative estimate of drug-likeness (QED) is 0.594. The molecule has 2 aromatic carbocycles. The minimum absolute atomic E-state index is 0.125. The molecule has 1 unspecified atom stereocenters. The van der Waals surface area contributed by atoms with E-state index in [4.69, 9.17) is 9.47 Å². The molecule has 1 N–H and O–H groups in total. The number of aromatic nitrogens is 4. The fourth-order valence-corrected chi connectivity index (χ4v) is 3.61. The molecular formula is C20H23N5O3S. The lowest BCUT2D eigenvalue weighted by molar-refractivity contribution is -0.115. The van der Waals surface area contributed by atoms with Crippen LogP contribution in [0.25, 0.3) is 5.69 Å². The molecule has 152 valence electrons. The number of carbonyl (C=O) groups excluding carboxylic acids is 1. The van der Waals surface area contributed by atoms with E-state index in [0.29, 0.717) is 22.3 Å². The largest absolute Gasteiger partial charge is 0.497 e. The third-order valence-corrected chi connectivity index (χ3v) is 5.47. The van der Waals surface area contributed by atoms with E-state index in [1.807, 2.05) is 39.0 Å². The van der Waals surface area contributed by atoms with Crippen molar-refractivity contribution in [1.29, 1.82) is 0 Å². The number of nitrogens with zero attached hydrogens (tertiary/aromatic N) is 4. The number of para-hydroxylation sites is 1. The molecule has 0 bridgehead atoms. The highest BCUT2D eigenvalue weighted by molar-refractivity contribution is 8.00. The van der Waals surface area contributed by atoms with E-state index in [0.717, 1.165) is 16.8 Å². The van der Waals surface area contributed by atoms with Crippen molar-refractivity contribution >= 4 is 23.4 Å². The Labute approximate surface area is 173 Å². The van der Waals surface area contributed by atoms with E-state index < -0.39 is 5.25 Å². The van der Waals surface area contributed by atoms with Crippen molar-refractivity contribution in [3.63, 3.8) is 0 Å². The molecule has 0 aliphatic carbocycles. The highest BCUT2D eigenvalue weighted by Crippen LogP contribution is 2.31. The zero-order valence-electron chi connectivity index (χ0n) is 17.0. The van der Waals surface area contributed by atoms with Gasteiger partial charge in [-0.3, -0.25) is 4.79 Å². The third kappa shape index (κ3) is 4.51. The summed E-state index contributed by atoms with van der Waals surface area (Å²) in [4.78, 5) is 12.8. The first kappa shape index (κ1) is 20.7. The topological polar surface area (TPSA) is 91.2 Å². The van der Waals surface area contributed by atoms with E-state index in [1.54, 1.807) is 32.4 Å². The smallest absolute Gasteiger partial charge is 0.237 e. The molecule has 0 aliphatic heterocycles. The number of ether oxygens (including phenoxy) is 2. The number of rotatable bonds is 7. The predicted octanol–water partition coefficient (Wildman–Crippen LogP) is 3.42. The van der Waals surface area contributed by atoms with Crippen LogP contribution in [0, 0.1) is 13.8 Å². The summed E-state index contributed by atoms with van der Waals surface area (Å²) in [6.45, 7) is 5.75. The van der Waals surface area contributed by atoms with Crippen LogP contribution in [0.1, 0.15) is 18.1 Å². The summed E-state index contributed by atoms with van der Waals surface area (Å²) in [5.74, 6) is 1.11. The second kappa shape index (κ2) is 8.95. The van der Waals surface area contributed by atoms with Gasteiger partial charge in [0.2, 0.25) is 11.1 Å². The minimum Gasteiger partial charge on any atom is -0.497 e. The Balaban J connectivity index is 1.82. The van der Waals surface area contributed by atoms with Gasteiger partial charge in [0.05, 0.1) is 19.5 Å². The monoisotopic (exact) mass is 413 g/mol. The van der Waals surface area contributed by atoms with Crippen LogP contribution in [-0.4, -0.2) is 45.6 Å². The summed E-state index contributed by atoms with van der Waals surface area (Å²) in [5, 5.41) is 15.0. The fourth-order valence-electron chi connectivity index (χ4n) is 2.81. The number of benzene rings is 2. The lowest BCUT2D eigenvalue weighted by atomic mass is 10.1. The maximum Gasteiger partial charge on any atom is 0.237 e. The standard InChI is InChI=1S/C20H23N5O3S/c1-12-7-6-8-13(2)18(12)21-19(26)14(3)29-20-22-23-24-25(20)16-11-15(27-4)9-10-17(16)28-5/h6-11,14H,1-5H3,(H,21,26). The van der Waals surface area contributed by atoms with Gasteiger partial charge >= 0.3 is 0 Å². The number of thioether (sulfide) groups is 1. The normalized spacial score (nSPS) is 11.8. The van der Waals surface area contributed by atoms with Crippen LogP contribution in [0.3, 0.4) is 0 Å². The van der Waals surface area contributed by atoms with E-state index >= 15 is 0 Å². The Hall–Kier alpha value is -3.07. The number of hydrogen-bond acceptors (Lipinski definition) is 7. The molecule has 9 heteroatoms. The van der Waals surface area contributed by atoms with Crippen molar-refractivity contribution in [2.24, 2.45) is 0 Å². The van der Waals surface area contributed by atoms with Crippen LogP contribution in [0.2, 0.25) is 0 Å². The third-order valence-electron chi connectivity index (χ3n) is 4.44. The number of amides is 1. The van der Waals surface area contributed by atoms with Crippen LogP contribution in [0.5, 0.6) is 11.5 Å². The number of hydrogen-bond donors (Lipinski definition) is 1. The molecule has 8 nitrogen and oxygen atoms in total. The average Bonchev–Trinajstić information content (AvgIpc) is 3.18. The number of anilines is 1. The summed E-state index contributed by atoms with van der Waals surface area (Å²) < 4.78 is 12.2. The number of tetrazole rings is 1. The summed E-state index contributed by atoms with van der Waals surface area (Å²) in [6, 6.07) is 11.3. The molecule has 1 heterocycles. The molecule has 0 spiro atoms. The molecule has 0 saturated carbocycles. The maximum absolute atomic E-state index is 12.8. The molecule has 3 aromatic rings. The zero-order chi connectivity index (χ0) is 21.0. The van der Waals surface area contributed by atoms with Crippen molar-refractivity contribution in [3.05, 3.63) is 47.5 Å². The van der Waals surface area contributed by atoms with Gasteiger partial charge in [-0.15, -0.1) is 5.10 Å². The summed E-state index contributed by atoms with van der Waals surface area (Å²) in [6.07, 6.45) is 0. The van der Waals surface area contributed by atoms with Crippen molar-refractivity contribution < 1.29 is 14.3 Å². The molecule has 0 radical (unpaired) electrons. The van der Waals surface area contributed by atoms with E-state index in [2.05, 4.69) is 20.8 Å². The SMILES string of the molecule is COc1ccc(OC)c(-n2nnnc2SC(C)C(=O)Nc2c(C)cccc2C)c1. The first-order chi connectivity index (χ1) is 13.9. The zero-order valence-corrected chi connectivity index (χ0v) is 17.8. The Bertz CT molecular complexity index is 1000. The predicted molar refractivity (Wildman–Crippen MR) is 112 cm³/mol. The molecular weight excluding hydrogens is 390 g/mol. The first-order valence-electron chi connectivity index (χ1n) is 8.99. The Kier molecular flexibility index (Phi) is 6.38. The van der Waals surface area contributed by atoms with Crippen molar-refractivity contribution in [1.82, 2.24) is 20.2 Å². The van der Waals surface area contributed by atoms with Crippen LogP contribution in [0.15, 0.2) is 41.6 Å². The van der Waals surface area contributed by atoms with Gasteiger partial charge in [0.15, 0.2) is 0 Å². The van der Waals surface area contributed by atoms with Gasteiger partial charge in [0, 0.05) is 11.8 Å². The summed E-state index contributed by atoms with van der Waals surface area (Å²) in [7, 11) is 3.16. The number of carbonyl (C=O) groups is 1. The molecule has 3 rings (SSSR count). The number of methoxy groups -OCH3 is 2. The van der Waals surface area contributed by atoms with Crippen molar-refractivity contribution in [3.8, 4) is 17.2 Å². The molecule has 0 fully saturated rings. The average molecular weight is 414 g/mol. The molecule has 0 saturated heterocycles. The molecule has 1 atom stereocenters. The van der Waals surface area contributed by atoms with Crippen LogP contribution < -0.4 is 14.8 Å². The van der Waals surface area contributed by atoms with E-state index in [9.17, 15) is 4.79 Å². The number of nitrogens with one attached hydrogen (secondary N) is 1. The summed E-state index contributed by atoms with van der Waals surface area (Å²) >= 11 is 1.26. The van der Waals surface area contributed by atoms with E-state index in [-0.39, 0.29) is 5.91 Å². The number of aryl methyl sites for hydroxylation is 2. The highest BCUT2D eigenvalue weighted by Gasteiger charge is 2.22. The Morgan fingerprint density at radius 2 is 1.86 bits per heavy atom. The van der Waals surface area contributed by atoms with Crippen LogP contribution >= 0.6 is 11.8 Å². The van der Waals surface area contributed by atoms with Gasteiger partial charge in [0.1, 0.15) is 17.2 Å². The Morgan fingerprint density at radius 1 is 1.14 bits per heavy atom. The lowest BCUT2D eigenvalue weighted by Crippen LogP contribution is -2.24. The van der Waals surface area contributed by atoms with Crippen LogP contribution in [0.4, 0.5) is 5.69 Å². The first-order valence-corrected chi connectivity index (χ1v) is 9.87. The second-order valence-electron chi connectivity index (χ2n) is 6.43. The minimum atomic E-state index is -0.421. The highest BCUT2D eigenvalue weighted by atomic mass is 32.2. The molecule has 0 aliphatic rings.